The highest BCUT2D eigenvalue weighted by Crippen LogP contribution is 2.53. The maximum atomic E-state index is 11.6. The number of rotatable bonds is 4. The van der Waals surface area contributed by atoms with E-state index in [0.717, 1.165) is 170 Å². The van der Waals surface area contributed by atoms with E-state index in [9.17, 15) is 26.3 Å². The van der Waals surface area contributed by atoms with Crippen LogP contribution in [0.15, 0.2) is 231 Å². The van der Waals surface area contributed by atoms with Crippen molar-refractivity contribution in [1.82, 2.24) is 18.3 Å². The fourth-order valence-corrected chi connectivity index (χ4v) is 15.8. The van der Waals surface area contributed by atoms with E-state index >= 15 is 0 Å². The molecule has 19 rings (SSSR count). The Bertz CT molecular complexity index is 6000. The molecule has 0 unspecified atom stereocenters. The minimum atomic E-state index is -0.389. The molecule has 0 radical (unpaired) electrons. The Hall–Kier alpha value is -12.9. The summed E-state index contributed by atoms with van der Waals surface area (Å²) >= 11 is 0. The molecular weight excluding hydrogens is 1090 g/mol. The standard InChI is InChI=1S/C79H38BN9/c81-39-44-17-25-49(26-18-44)86-65-15-7-3-11-55(65)75-67(86)35-57-71-53-9-1-5-13-63(53)88(51-29-21-46(41-83)22-30-51)69(71)37-61-73(57)77(75)59-33-48(43-85)34-60-78-74-58(36-68-76(78)56-12-4-8-16-66(56)87(68)50-27-19-45(40-82)20-28-50)72-54-10-2-6-14-64(54)89(52-31-23-47(42-84)24-32-52)70(72)38-62(74)80(61)79(59)60/h1-38H. The van der Waals surface area contributed by atoms with Gasteiger partial charge in [0.2, 0.25) is 6.71 Å². The van der Waals surface area contributed by atoms with Crippen molar-refractivity contribution < 1.29 is 0 Å². The average molecular weight is 1120 g/mol. The predicted molar refractivity (Wildman–Crippen MR) is 358 cm³/mol. The van der Waals surface area contributed by atoms with Crippen molar-refractivity contribution in [3.63, 3.8) is 0 Å². The number of aromatic nitrogens is 4. The third-order valence-corrected chi connectivity index (χ3v) is 19.2. The second-order valence-corrected chi connectivity index (χ2v) is 23.4. The van der Waals surface area contributed by atoms with Crippen molar-refractivity contribution in [2.75, 3.05) is 0 Å². The molecule has 13 aromatic carbocycles. The van der Waals surface area contributed by atoms with Crippen molar-refractivity contribution in [3.8, 4) is 75.3 Å². The van der Waals surface area contributed by atoms with Gasteiger partial charge in [0.1, 0.15) is 0 Å². The number of benzene rings is 13. The third-order valence-electron chi connectivity index (χ3n) is 19.2. The number of fused-ring (bicyclic) bond motifs is 20. The van der Waals surface area contributed by atoms with E-state index in [0.29, 0.717) is 27.8 Å². The zero-order chi connectivity index (χ0) is 59.1. The van der Waals surface area contributed by atoms with E-state index < -0.39 is 0 Å². The molecule has 0 atom stereocenters. The van der Waals surface area contributed by atoms with Gasteiger partial charge in [0.05, 0.1) is 102 Å². The Morgan fingerprint density at radius 2 is 0.528 bits per heavy atom. The first-order valence-electron chi connectivity index (χ1n) is 29.5. The summed E-state index contributed by atoms with van der Waals surface area (Å²) in [5, 5.41) is 64.9. The molecule has 0 saturated carbocycles. The van der Waals surface area contributed by atoms with Gasteiger partial charge < -0.3 is 18.3 Å². The van der Waals surface area contributed by atoms with Crippen LogP contribution in [0.4, 0.5) is 0 Å². The van der Waals surface area contributed by atoms with Crippen LogP contribution in [0.25, 0.3) is 154 Å². The van der Waals surface area contributed by atoms with Crippen molar-refractivity contribution in [3.05, 3.63) is 258 Å². The molecule has 10 heteroatoms. The van der Waals surface area contributed by atoms with Crippen molar-refractivity contribution in [1.29, 1.82) is 26.3 Å². The van der Waals surface area contributed by atoms with Crippen molar-refractivity contribution in [2.45, 2.75) is 0 Å². The summed E-state index contributed by atoms with van der Waals surface area (Å²) in [6.07, 6.45) is 0. The molecule has 0 saturated heterocycles. The van der Waals surface area contributed by atoms with Crippen LogP contribution in [-0.4, -0.2) is 25.0 Å². The van der Waals surface area contributed by atoms with E-state index in [1.165, 1.54) is 0 Å². The van der Waals surface area contributed by atoms with E-state index in [-0.39, 0.29) is 6.71 Å². The first-order chi connectivity index (χ1) is 43.9. The van der Waals surface area contributed by atoms with Gasteiger partial charge in [0, 0.05) is 65.8 Å². The SMILES string of the molecule is N#Cc1ccc(-n2c3ccccc3c3c4c5c(cc6c(c5cc32)c2ccccc2n6-c2ccc(C#N)cc2)B2c3c-4cc(C#N)cc3-c3c4c2cc2c(c4cc4c3c3ccccc3n4-c3ccc(C#N)cc3)c3ccccc3n2-c2ccc(C#N)cc2)cc1. The van der Waals surface area contributed by atoms with Gasteiger partial charge in [-0.3, -0.25) is 0 Å². The summed E-state index contributed by atoms with van der Waals surface area (Å²) in [6.45, 7) is -0.389. The van der Waals surface area contributed by atoms with Crippen LogP contribution >= 0.6 is 0 Å². The van der Waals surface area contributed by atoms with Crippen LogP contribution in [0.3, 0.4) is 0 Å². The quantitative estimate of drug-likeness (QED) is 0.162. The number of nitriles is 5. The second kappa shape index (κ2) is 17.6. The predicted octanol–water partition coefficient (Wildman–Crippen LogP) is 16.2. The summed E-state index contributed by atoms with van der Waals surface area (Å²) in [6, 6.07) is 91.9. The fourth-order valence-electron chi connectivity index (χ4n) is 15.8. The number of nitrogens with zero attached hydrogens (tertiary/aromatic N) is 9. The fraction of sp³-hybridized carbons (Fsp3) is 0. The molecule has 0 fully saturated rings. The van der Waals surface area contributed by atoms with Gasteiger partial charge in [-0.15, -0.1) is 0 Å². The Labute approximate surface area is 507 Å². The highest BCUT2D eigenvalue weighted by Gasteiger charge is 2.43. The maximum Gasteiger partial charge on any atom is 0.244 e. The Morgan fingerprint density at radius 3 is 0.831 bits per heavy atom. The summed E-state index contributed by atoms with van der Waals surface area (Å²) in [5.41, 5.74) is 22.0. The van der Waals surface area contributed by atoms with Crippen LogP contribution in [0.5, 0.6) is 0 Å². The Kier molecular flexibility index (Phi) is 9.58. The summed E-state index contributed by atoms with van der Waals surface area (Å²) < 4.78 is 9.39. The summed E-state index contributed by atoms with van der Waals surface area (Å²) in [7, 11) is 0. The van der Waals surface area contributed by atoms with E-state index in [4.69, 9.17) is 0 Å². The third kappa shape index (κ3) is 6.26. The molecule has 0 bridgehead atoms. The summed E-state index contributed by atoms with van der Waals surface area (Å²) in [5.74, 6) is 0. The van der Waals surface area contributed by atoms with Gasteiger partial charge in [0.25, 0.3) is 0 Å². The molecule has 89 heavy (non-hydrogen) atoms. The normalized spacial score (nSPS) is 12.2. The van der Waals surface area contributed by atoms with Gasteiger partial charge in [-0.05, 0) is 202 Å². The second-order valence-electron chi connectivity index (χ2n) is 23.4. The lowest BCUT2D eigenvalue weighted by Crippen LogP contribution is -2.57. The zero-order valence-electron chi connectivity index (χ0n) is 47.0. The lowest BCUT2D eigenvalue weighted by molar-refractivity contribution is 1.18. The van der Waals surface area contributed by atoms with Gasteiger partial charge in [-0.1, -0.05) is 89.2 Å². The van der Waals surface area contributed by atoms with Crippen LogP contribution in [0.2, 0.25) is 0 Å². The molecule has 6 heterocycles. The lowest BCUT2D eigenvalue weighted by Gasteiger charge is -2.35. The molecule has 0 amide bonds. The van der Waals surface area contributed by atoms with E-state index in [1.54, 1.807) is 0 Å². The van der Waals surface area contributed by atoms with E-state index in [1.807, 2.05) is 97.1 Å². The van der Waals surface area contributed by atoms with Gasteiger partial charge in [-0.25, -0.2) is 0 Å². The molecular formula is C79H38BN9. The molecule has 4 aromatic heterocycles. The first-order valence-corrected chi connectivity index (χ1v) is 29.5. The van der Waals surface area contributed by atoms with Crippen LogP contribution in [0.1, 0.15) is 27.8 Å². The van der Waals surface area contributed by atoms with Gasteiger partial charge in [-0.2, -0.15) is 26.3 Å². The number of hydrogen-bond acceptors (Lipinski definition) is 5. The zero-order valence-corrected chi connectivity index (χ0v) is 47.0. The Balaban J connectivity index is 1.08. The highest BCUT2D eigenvalue weighted by molar-refractivity contribution is 7.02. The topological polar surface area (TPSA) is 139 Å². The molecule has 0 aliphatic carbocycles. The van der Waals surface area contributed by atoms with Crippen LogP contribution < -0.4 is 16.4 Å². The number of hydrogen-bond donors (Lipinski definition) is 0. The largest absolute Gasteiger partial charge is 0.309 e. The molecule has 2 aliphatic heterocycles. The first kappa shape index (κ1) is 48.5. The molecule has 9 nitrogen and oxygen atoms in total. The average Bonchev–Trinajstić information content (AvgIpc) is 1.66. The van der Waals surface area contributed by atoms with Crippen molar-refractivity contribution >= 4 is 132 Å². The minimum Gasteiger partial charge on any atom is -0.309 e. The minimum absolute atomic E-state index is 0.389. The van der Waals surface area contributed by atoms with Gasteiger partial charge >= 0.3 is 0 Å². The summed E-state index contributed by atoms with van der Waals surface area (Å²) in [4.78, 5) is 0. The molecule has 0 spiro atoms. The smallest absolute Gasteiger partial charge is 0.244 e. The molecule has 2 aliphatic rings. The molecule has 17 aromatic rings. The number of para-hydroxylation sites is 4. The highest BCUT2D eigenvalue weighted by atomic mass is 15.0. The lowest BCUT2D eigenvalue weighted by atomic mass is 9.30. The van der Waals surface area contributed by atoms with Crippen LogP contribution in [0, 0.1) is 56.7 Å². The van der Waals surface area contributed by atoms with Gasteiger partial charge in [0.15, 0.2) is 0 Å². The Morgan fingerprint density at radius 1 is 0.247 bits per heavy atom. The monoisotopic (exact) mass is 1120 g/mol. The van der Waals surface area contributed by atoms with Crippen molar-refractivity contribution in [2.24, 2.45) is 0 Å². The maximum absolute atomic E-state index is 11.6. The molecule has 402 valence electrons. The van der Waals surface area contributed by atoms with Crippen LogP contribution in [-0.2, 0) is 0 Å². The van der Waals surface area contributed by atoms with E-state index in [2.05, 4.69) is 182 Å². The molecule has 0 N–H and O–H groups in total.